The molecule has 1 atom stereocenters. The summed E-state index contributed by atoms with van der Waals surface area (Å²) in [5.74, 6) is 1.47. The smallest absolute Gasteiger partial charge is 0.163 e. The maximum Gasteiger partial charge on any atom is 0.163 e. The zero-order valence-electron chi connectivity index (χ0n) is 8.54. The summed E-state index contributed by atoms with van der Waals surface area (Å²) in [6.45, 7) is 2.11. The summed E-state index contributed by atoms with van der Waals surface area (Å²) >= 11 is 0. The van der Waals surface area contributed by atoms with Crippen LogP contribution < -0.4 is 4.74 Å². The van der Waals surface area contributed by atoms with Gasteiger partial charge in [-0.3, -0.25) is 4.79 Å². The van der Waals surface area contributed by atoms with E-state index in [0.717, 1.165) is 23.3 Å². The largest absolute Gasteiger partial charge is 0.496 e. The normalized spacial score (nSPS) is 19.6. The van der Waals surface area contributed by atoms with Crippen molar-refractivity contribution in [3.63, 3.8) is 0 Å². The van der Waals surface area contributed by atoms with E-state index in [9.17, 15) is 4.79 Å². The first-order valence-electron chi connectivity index (χ1n) is 4.98. The van der Waals surface area contributed by atoms with Crippen molar-refractivity contribution in [2.75, 3.05) is 7.11 Å². The molecule has 1 aliphatic carbocycles. The Hall–Kier alpha value is -1.31. The molecule has 2 heteroatoms. The van der Waals surface area contributed by atoms with Crippen LogP contribution in [-0.2, 0) is 0 Å². The number of methoxy groups -OCH3 is 1. The van der Waals surface area contributed by atoms with Crippen molar-refractivity contribution >= 4 is 5.78 Å². The van der Waals surface area contributed by atoms with Crippen molar-refractivity contribution in [3.8, 4) is 5.75 Å². The summed E-state index contributed by atoms with van der Waals surface area (Å²) in [6, 6.07) is 5.71. The van der Waals surface area contributed by atoms with Crippen molar-refractivity contribution in [1.29, 1.82) is 0 Å². The number of ether oxygens (including phenoxy) is 1. The highest BCUT2D eigenvalue weighted by Crippen LogP contribution is 2.40. The van der Waals surface area contributed by atoms with Crippen LogP contribution in [0.5, 0.6) is 5.75 Å². The van der Waals surface area contributed by atoms with Gasteiger partial charge in [0.15, 0.2) is 5.78 Å². The number of carbonyl (C=O) groups is 1. The number of hydrogen-bond acceptors (Lipinski definition) is 2. The van der Waals surface area contributed by atoms with Gasteiger partial charge in [-0.05, 0) is 18.4 Å². The molecule has 2 rings (SSSR count). The first-order valence-corrected chi connectivity index (χ1v) is 4.98. The quantitative estimate of drug-likeness (QED) is 0.716. The Morgan fingerprint density at radius 1 is 1.50 bits per heavy atom. The zero-order chi connectivity index (χ0) is 10.1. The fraction of sp³-hybridized carbons (Fsp3) is 0.417. The summed E-state index contributed by atoms with van der Waals surface area (Å²) in [4.78, 5) is 11.6. The third kappa shape index (κ3) is 1.22. The number of Topliss-reactive ketones (excluding diaryl/α,β-unsaturated/α-hetero) is 1. The van der Waals surface area contributed by atoms with Crippen molar-refractivity contribution in [2.24, 2.45) is 0 Å². The Labute approximate surface area is 83.9 Å². The fourth-order valence-electron chi connectivity index (χ4n) is 2.17. The number of ketones is 1. The van der Waals surface area contributed by atoms with E-state index >= 15 is 0 Å². The van der Waals surface area contributed by atoms with Crippen LogP contribution in [-0.4, -0.2) is 12.9 Å². The molecule has 1 unspecified atom stereocenters. The highest BCUT2D eigenvalue weighted by molar-refractivity contribution is 6.02. The molecule has 0 saturated heterocycles. The van der Waals surface area contributed by atoms with Crippen LogP contribution in [0.25, 0.3) is 0 Å². The Kier molecular flexibility index (Phi) is 2.28. The SMILES string of the molecule is CCC1CC(=O)c2cccc(OC)c21. The molecule has 0 N–H and O–H groups in total. The third-order valence-electron chi connectivity index (χ3n) is 2.92. The molecular weight excluding hydrogens is 176 g/mol. The predicted molar refractivity (Wildman–Crippen MR) is 55.0 cm³/mol. The Bertz CT molecular complexity index is 369. The molecule has 0 bridgehead atoms. The highest BCUT2D eigenvalue weighted by atomic mass is 16.5. The van der Waals surface area contributed by atoms with Gasteiger partial charge in [-0.25, -0.2) is 0 Å². The number of fused-ring (bicyclic) bond motifs is 1. The Morgan fingerprint density at radius 3 is 2.93 bits per heavy atom. The summed E-state index contributed by atoms with van der Waals surface area (Å²) in [7, 11) is 1.66. The average molecular weight is 190 g/mol. The van der Waals surface area contributed by atoms with E-state index in [1.54, 1.807) is 7.11 Å². The molecule has 2 nitrogen and oxygen atoms in total. The van der Waals surface area contributed by atoms with Gasteiger partial charge >= 0.3 is 0 Å². The summed E-state index contributed by atoms with van der Waals surface area (Å²) in [6.07, 6.45) is 1.64. The van der Waals surface area contributed by atoms with Gasteiger partial charge in [0.25, 0.3) is 0 Å². The molecule has 14 heavy (non-hydrogen) atoms. The maximum absolute atomic E-state index is 11.6. The minimum absolute atomic E-state index is 0.255. The van der Waals surface area contributed by atoms with E-state index in [2.05, 4.69) is 6.92 Å². The van der Waals surface area contributed by atoms with Crippen LogP contribution in [0.2, 0.25) is 0 Å². The topological polar surface area (TPSA) is 26.3 Å². The van der Waals surface area contributed by atoms with Crippen LogP contribution in [0.15, 0.2) is 18.2 Å². The molecule has 1 aromatic rings. The highest BCUT2D eigenvalue weighted by Gasteiger charge is 2.30. The van der Waals surface area contributed by atoms with E-state index in [-0.39, 0.29) is 5.78 Å². The fourth-order valence-corrected chi connectivity index (χ4v) is 2.17. The molecule has 0 aromatic heterocycles. The molecular formula is C12H14O2. The first kappa shape index (κ1) is 9.25. The summed E-state index contributed by atoms with van der Waals surface area (Å²) < 4.78 is 5.29. The zero-order valence-corrected chi connectivity index (χ0v) is 8.54. The lowest BCUT2D eigenvalue weighted by molar-refractivity contribution is 0.0988. The van der Waals surface area contributed by atoms with E-state index < -0.39 is 0 Å². The molecule has 74 valence electrons. The third-order valence-corrected chi connectivity index (χ3v) is 2.92. The van der Waals surface area contributed by atoms with E-state index in [0.29, 0.717) is 12.3 Å². The molecule has 1 aromatic carbocycles. The molecule has 0 fully saturated rings. The second kappa shape index (κ2) is 3.45. The van der Waals surface area contributed by atoms with Gasteiger partial charge in [-0.1, -0.05) is 19.1 Å². The summed E-state index contributed by atoms with van der Waals surface area (Å²) in [5, 5.41) is 0. The predicted octanol–water partition coefficient (Wildman–Crippen LogP) is 2.78. The first-order chi connectivity index (χ1) is 6.77. The van der Waals surface area contributed by atoms with E-state index in [1.165, 1.54) is 0 Å². The second-order valence-electron chi connectivity index (χ2n) is 3.65. The number of benzene rings is 1. The average Bonchev–Trinajstić information content (AvgIpc) is 2.56. The van der Waals surface area contributed by atoms with Gasteiger partial charge in [0, 0.05) is 17.5 Å². The monoisotopic (exact) mass is 190 g/mol. The number of hydrogen-bond donors (Lipinski definition) is 0. The van der Waals surface area contributed by atoms with Crippen molar-refractivity contribution in [3.05, 3.63) is 29.3 Å². The molecule has 1 aliphatic rings. The van der Waals surface area contributed by atoms with Gasteiger partial charge in [0.2, 0.25) is 0 Å². The second-order valence-corrected chi connectivity index (χ2v) is 3.65. The van der Waals surface area contributed by atoms with E-state index in [1.807, 2.05) is 18.2 Å². The summed E-state index contributed by atoms with van der Waals surface area (Å²) in [5.41, 5.74) is 1.97. The Balaban J connectivity index is 2.56. The van der Waals surface area contributed by atoms with Gasteiger partial charge in [-0.2, -0.15) is 0 Å². The molecule has 0 heterocycles. The Morgan fingerprint density at radius 2 is 2.29 bits per heavy atom. The molecule has 0 saturated carbocycles. The molecule has 0 radical (unpaired) electrons. The van der Waals surface area contributed by atoms with Crippen LogP contribution in [0.1, 0.15) is 41.6 Å². The lowest BCUT2D eigenvalue weighted by Crippen LogP contribution is -1.95. The molecule has 0 amide bonds. The van der Waals surface area contributed by atoms with Gasteiger partial charge in [0.1, 0.15) is 5.75 Å². The van der Waals surface area contributed by atoms with E-state index in [4.69, 9.17) is 4.74 Å². The minimum Gasteiger partial charge on any atom is -0.496 e. The number of rotatable bonds is 2. The molecule has 0 aliphatic heterocycles. The number of carbonyl (C=O) groups excluding carboxylic acids is 1. The van der Waals surface area contributed by atoms with Gasteiger partial charge in [0.05, 0.1) is 7.11 Å². The maximum atomic E-state index is 11.6. The van der Waals surface area contributed by atoms with Gasteiger partial charge < -0.3 is 4.74 Å². The molecule has 0 spiro atoms. The lowest BCUT2D eigenvalue weighted by Gasteiger charge is -2.11. The lowest BCUT2D eigenvalue weighted by atomic mass is 9.98. The van der Waals surface area contributed by atoms with Crippen molar-refractivity contribution in [2.45, 2.75) is 25.7 Å². The van der Waals surface area contributed by atoms with Gasteiger partial charge in [-0.15, -0.1) is 0 Å². The standard InChI is InChI=1S/C12H14O2/c1-3-8-7-10(13)9-5-4-6-11(14-2)12(8)9/h4-6,8H,3,7H2,1-2H3. The van der Waals surface area contributed by atoms with Crippen LogP contribution in [0.3, 0.4) is 0 Å². The van der Waals surface area contributed by atoms with Crippen LogP contribution in [0, 0.1) is 0 Å². The minimum atomic E-state index is 0.255. The van der Waals surface area contributed by atoms with Crippen LogP contribution >= 0.6 is 0 Å². The van der Waals surface area contributed by atoms with Crippen molar-refractivity contribution < 1.29 is 9.53 Å². The van der Waals surface area contributed by atoms with Crippen LogP contribution in [0.4, 0.5) is 0 Å². The van der Waals surface area contributed by atoms with Crippen molar-refractivity contribution in [1.82, 2.24) is 0 Å².